The van der Waals surface area contributed by atoms with Gasteiger partial charge in [0.1, 0.15) is 11.6 Å². The molecule has 0 aliphatic rings. The summed E-state index contributed by atoms with van der Waals surface area (Å²) in [6.07, 6.45) is 2.58. The molecule has 0 aliphatic heterocycles. The second-order valence-electron chi connectivity index (χ2n) is 6.58. The summed E-state index contributed by atoms with van der Waals surface area (Å²) in [6, 6.07) is 7.76. The Morgan fingerprint density at radius 3 is 2.04 bits per heavy atom. The van der Waals surface area contributed by atoms with E-state index in [0.29, 0.717) is 17.5 Å². The molecule has 0 heterocycles. The van der Waals surface area contributed by atoms with Crippen LogP contribution in [-0.4, -0.2) is 36.4 Å². The lowest BCUT2D eigenvalue weighted by molar-refractivity contribution is 0.0907. The first-order chi connectivity index (χ1) is 13.3. The summed E-state index contributed by atoms with van der Waals surface area (Å²) in [7, 11) is 0. The second-order valence-corrected chi connectivity index (χ2v) is 7.57. The van der Waals surface area contributed by atoms with Crippen molar-refractivity contribution in [3.05, 3.63) is 70.3 Å². The Labute approximate surface area is 168 Å². The Balaban J connectivity index is 2.06. The van der Waals surface area contributed by atoms with E-state index in [0.717, 1.165) is 5.75 Å². The first-order valence-corrected chi connectivity index (χ1v) is 10.3. The number of hydrogen-bond donors (Lipinski definition) is 2. The molecule has 1 atom stereocenters. The maximum atomic E-state index is 13.5. The van der Waals surface area contributed by atoms with Crippen molar-refractivity contribution in [2.24, 2.45) is 0 Å². The minimum atomic E-state index is -0.482. The Morgan fingerprint density at radius 2 is 1.50 bits per heavy atom. The molecule has 0 spiro atoms. The van der Waals surface area contributed by atoms with Crippen molar-refractivity contribution in [3.8, 4) is 0 Å². The largest absolute Gasteiger partial charge is 0.350 e. The van der Waals surface area contributed by atoms with Gasteiger partial charge in [-0.15, -0.1) is 0 Å². The topological polar surface area (TPSA) is 58.2 Å². The van der Waals surface area contributed by atoms with Crippen molar-refractivity contribution in [2.45, 2.75) is 26.3 Å². The molecule has 0 aromatic heterocycles. The van der Waals surface area contributed by atoms with Gasteiger partial charge >= 0.3 is 0 Å². The molecule has 28 heavy (non-hydrogen) atoms. The number of thioether (sulfide) groups is 1. The summed E-state index contributed by atoms with van der Waals surface area (Å²) < 4.78 is 26.9. The molecule has 2 aromatic rings. The molecule has 2 amide bonds. The monoisotopic (exact) mass is 406 g/mol. The summed E-state index contributed by atoms with van der Waals surface area (Å²) >= 11 is 1.62. The highest BCUT2D eigenvalue weighted by molar-refractivity contribution is 7.98. The molecule has 2 rings (SSSR count). The zero-order valence-corrected chi connectivity index (χ0v) is 17.0. The van der Waals surface area contributed by atoms with Crippen LogP contribution < -0.4 is 10.6 Å². The van der Waals surface area contributed by atoms with E-state index in [1.165, 1.54) is 24.3 Å². The van der Waals surface area contributed by atoms with Gasteiger partial charge in [0, 0.05) is 23.7 Å². The van der Waals surface area contributed by atoms with Crippen LogP contribution in [0.3, 0.4) is 0 Å². The maximum absolute atomic E-state index is 13.5. The number of nitrogens with one attached hydrogen (secondary N) is 2. The predicted octanol–water partition coefficient (Wildman–Crippen LogP) is 3.86. The molecule has 0 saturated carbocycles. The number of rotatable bonds is 8. The summed E-state index contributed by atoms with van der Waals surface area (Å²) in [6.45, 7) is 3.66. The van der Waals surface area contributed by atoms with Crippen LogP contribution >= 0.6 is 11.8 Å². The average Bonchev–Trinajstić information content (AvgIpc) is 2.67. The zero-order valence-electron chi connectivity index (χ0n) is 16.1. The predicted molar refractivity (Wildman–Crippen MR) is 109 cm³/mol. The lowest BCUT2D eigenvalue weighted by atomic mass is 10.1. The highest BCUT2D eigenvalue weighted by Crippen LogP contribution is 2.12. The molecule has 2 aromatic carbocycles. The van der Waals surface area contributed by atoms with Crippen molar-refractivity contribution in [2.75, 3.05) is 18.6 Å². The fraction of sp³-hybridized carbons (Fsp3) is 0.333. The Morgan fingerprint density at radius 1 is 0.964 bits per heavy atom. The summed E-state index contributed by atoms with van der Waals surface area (Å²) in [5.74, 6) is -0.973. The fourth-order valence-electron chi connectivity index (χ4n) is 2.74. The molecular formula is C21H24F2N2O2S. The van der Waals surface area contributed by atoms with E-state index >= 15 is 0 Å². The maximum Gasteiger partial charge on any atom is 0.251 e. The van der Waals surface area contributed by atoms with Crippen LogP contribution in [0.25, 0.3) is 0 Å². The van der Waals surface area contributed by atoms with E-state index in [1.807, 2.05) is 6.26 Å². The molecule has 7 heteroatoms. The van der Waals surface area contributed by atoms with Gasteiger partial charge in [0.2, 0.25) is 0 Å². The molecule has 0 aliphatic carbocycles. The first-order valence-electron chi connectivity index (χ1n) is 8.92. The van der Waals surface area contributed by atoms with Gasteiger partial charge in [0.15, 0.2) is 0 Å². The summed E-state index contributed by atoms with van der Waals surface area (Å²) in [5.41, 5.74) is 1.86. The van der Waals surface area contributed by atoms with Crippen LogP contribution in [0.1, 0.15) is 38.3 Å². The highest BCUT2D eigenvalue weighted by atomic mass is 32.2. The van der Waals surface area contributed by atoms with Gasteiger partial charge in [0.05, 0.1) is 0 Å². The number of carbonyl (C=O) groups excluding carboxylic acids is 2. The molecule has 150 valence electrons. The molecular weight excluding hydrogens is 382 g/mol. The number of benzene rings is 2. The first kappa shape index (κ1) is 21.9. The molecule has 0 bridgehead atoms. The van der Waals surface area contributed by atoms with Crippen LogP contribution in [0.15, 0.2) is 36.4 Å². The van der Waals surface area contributed by atoms with E-state index in [1.54, 1.807) is 37.7 Å². The van der Waals surface area contributed by atoms with E-state index in [9.17, 15) is 18.4 Å². The standard InChI is InChI=1S/C21H24F2N2O2S/c1-13-4-6-15(22)10-18(13)20(26)24-12-17(8-9-28-3)25-21(27)19-11-16(23)7-5-14(19)2/h4-7,10-11,17H,8-9,12H2,1-3H3,(H,24,26)(H,25,27). The lowest BCUT2D eigenvalue weighted by Crippen LogP contribution is -2.44. The Bertz CT molecular complexity index is 858. The number of halogens is 2. The van der Waals surface area contributed by atoms with E-state index in [-0.39, 0.29) is 29.6 Å². The SMILES string of the molecule is CSCCC(CNC(=O)c1cc(F)ccc1C)NC(=O)c1cc(F)ccc1C. The minimum absolute atomic E-state index is 0.190. The van der Waals surface area contributed by atoms with Crippen molar-refractivity contribution < 1.29 is 18.4 Å². The van der Waals surface area contributed by atoms with Crippen molar-refractivity contribution >= 4 is 23.6 Å². The quantitative estimate of drug-likeness (QED) is 0.700. The Hall–Kier alpha value is -2.41. The summed E-state index contributed by atoms with van der Waals surface area (Å²) in [5, 5.41) is 5.62. The molecule has 0 fully saturated rings. The molecule has 0 saturated heterocycles. The number of amides is 2. The number of aryl methyl sites for hydroxylation is 2. The number of hydrogen-bond acceptors (Lipinski definition) is 3. The van der Waals surface area contributed by atoms with Gasteiger partial charge in [-0.3, -0.25) is 9.59 Å². The third kappa shape index (κ3) is 6.05. The molecule has 2 N–H and O–H groups in total. The smallest absolute Gasteiger partial charge is 0.251 e. The summed E-state index contributed by atoms with van der Waals surface area (Å²) in [4.78, 5) is 25.0. The normalized spacial score (nSPS) is 11.8. The van der Waals surface area contributed by atoms with Crippen LogP contribution in [0, 0.1) is 25.5 Å². The van der Waals surface area contributed by atoms with E-state index in [2.05, 4.69) is 10.6 Å². The van der Waals surface area contributed by atoms with Gasteiger partial charge in [-0.05, 0) is 67.7 Å². The fourth-order valence-corrected chi connectivity index (χ4v) is 3.26. The lowest BCUT2D eigenvalue weighted by Gasteiger charge is -2.20. The van der Waals surface area contributed by atoms with Gasteiger partial charge < -0.3 is 10.6 Å². The van der Waals surface area contributed by atoms with Crippen molar-refractivity contribution in [3.63, 3.8) is 0 Å². The molecule has 1 unspecified atom stereocenters. The van der Waals surface area contributed by atoms with Crippen molar-refractivity contribution in [1.29, 1.82) is 0 Å². The van der Waals surface area contributed by atoms with Gasteiger partial charge in [-0.1, -0.05) is 12.1 Å². The van der Waals surface area contributed by atoms with Crippen LogP contribution in [0.2, 0.25) is 0 Å². The van der Waals surface area contributed by atoms with Gasteiger partial charge in [-0.2, -0.15) is 11.8 Å². The minimum Gasteiger partial charge on any atom is -0.350 e. The molecule has 0 radical (unpaired) electrons. The highest BCUT2D eigenvalue weighted by Gasteiger charge is 2.18. The average molecular weight is 406 g/mol. The second kappa shape index (κ2) is 10.2. The van der Waals surface area contributed by atoms with Crippen LogP contribution in [0.4, 0.5) is 8.78 Å². The van der Waals surface area contributed by atoms with E-state index < -0.39 is 17.5 Å². The Kier molecular flexibility index (Phi) is 7.99. The third-order valence-corrected chi connectivity index (χ3v) is 5.05. The number of carbonyl (C=O) groups is 2. The van der Waals surface area contributed by atoms with Crippen LogP contribution in [0.5, 0.6) is 0 Å². The van der Waals surface area contributed by atoms with Crippen molar-refractivity contribution in [1.82, 2.24) is 10.6 Å². The zero-order chi connectivity index (χ0) is 20.7. The van der Waals surface area contributed by atoms with Crippen LogP contribution in [-0.2, 0) is 0 Å². The van der Waals surface area contributed by atoms with E-state index in [4.69, 9.17) is 0 Å². The van der Waals surface area contributed by atoms with Gasteiger partial charge in [-0.25, -0.2) is 8.78 Å². The third-order valence-electron chi connectivity index (χ3n) is 4.40. The van der Waals surface area contributed by atoms with Gasteiger partial charge in [0.25, 0.3) is 11.8 Å². The molecule has 4 nitrogen and oxygen atoms in total.